The number of ether oxygens (including phenoxy) is 1. The van der Waals surface area contributed by atoms with Gasteiger partial charge < -0.3 is 25.8 Å². The molecule has 0 fully saturated rings. The number of rotatable bonds is 6. The largest absolute Gasteiger partial charge is 0.480 e. The van der Waals surface area contributed by atoms with Crippen LogP contribution in [0, 0.1) is 0 Å². The maximum absolute atomic E-state index is 10.5. The molecular weight excluding hydrogens is 190 g/mol. The van der Waals surface area contributed by atoms with Crippen molar-refractivity contribution in [3.05, 3.63) is 0 Å². The van der Waals surface area contributed by atoms with Crippen molar-refractivity contribution in [2.45, 2.75) is 31.6 Å². The highest BCUT2D eigenvalue weighted by Crippen LogP contribution is 2.13. The van der Waals surface area contributed by atoms with Gasteiger partial charge in [0.2, 0.25) is 0 Å². The standard InChI is InChI=1S/C8H17NO5/c1-8(2,6(9)7(12)13)14-4-5(11)3-10/h5-6,10-11H,3-4,9H2,1-2H3,(H,12,13)/t5-,6-/m1/s1. The predicted octanol–water partition coefficient (Wildman–Crippen LogP) is -1.45. The Bertz CT molecular complexity index is 194. The third-order valence-corrected chi connectivity index (χ3v) is 1.87. The van der Waals surface area contributed by atoms with Crippen molar-refractivity contribution in [3.8, 4) is 0 Å². The minimum atomic E-state index is -1.17. The lowest BCUT2D eigenvalue weighted by Crippen LogP contribution is -2.51. The summed E-state index contributed by atoms with van der Waals surface area (Å²) in [6.07, 6.45) is -1.02. The van der Waals surface area contributed by atoms with Gasteiger partial charge in [0.1, 0.15) is 12.1 Å². The first-order valence-electron chi connectivity index (χ1n) is 4.22. The zero-order chi connectivity index (χ0) is 11.4. The summed E-state index contributed by atoms with van der Waals surface area (Å²) in [5, 5.41) is 26.1. The number of aliphatic hydroxyl groups excluding tert-OH is 2. The number of carboxylic acid groups (broad SMARTS) is 1. The van der Waals surface area contributed by atoms with Gasteiger partial charge in [0, 0.05) is 0 Å². The second kappa shape index (κ2) is 5.26. The topological polar surface area (TPSA) is 113 Å². The molecule has 0 spiro atoms. The van der Waals surface area contributed by atoms with Gasteiger partial charge in [-0.25, -0.2) is 0 Å². The van der Waals surface area contributed by atoms with E-state index < -0.39 is 30.3 Å². The zero-order valence-corrected chi connectivity index (χ0v) is 8.30. The molecule has 0 aliphatic carbocycles. The monoisotopic (exact) mass is 207 g/mol. The maximum Gasteiger partial charge on any atom is 0.323 e. The fourth-order valence-electron chi connectivity index (χ4n) is 0.751. The number of nitrogens with two attached hydrogens (primary N) is 1. The van der Waals surface area contributed by atoms with Crippen molar-refractivity contribution in [2.24, 2.45) is 5.73 Å². The summed E-state index contributed by atoms with van der Waals surface area (Å²) in [6.45, 7) is 2.44. The van der Waals surface area contributed by atoms with E-state index in [2.05, 4.69) is 0 Å². The predicted molar refractivity (Wildman–Crippen MR) is 48.7 cm³/mol. The average molecular weight is 207 g/mol. The van der Waals surface area contributed by atoms with Gasteiger partial charge in [0.05, 0.1) is 18.8 Å². The zero-order valence-electron chi connectivity index (χ0n) is 8.30. The van der Waals surface area contributed by atoms with Gasteiger partial charge in [-0.2, -0.15) is 0 Å². The van der Waals surface area contributed by atoms with Crippen LogP contribution in [0.3, 0.4) is 0 Å². The molecule has 2 atom stereocenters. The summed E-state index contributed by atoms with van der Waals surface area (Å²) in [5.41, 5.74) is 4.27. The van der Waals surface area contributed by atoms with Gasteiger partial charge in [-0.05, 0) is 13.8 Å². The highest BCUT2D eigenvalue weighted by atomic mass is 16.5. The number of aliphatic hydroxyl groups is 2. The number of hydrogen-bond acceptors (Lipinski definition) is 5. The molecule has 0 saturated heterocycles. The molecule has 0 bridgehead atoms. The fraction of sp³-hybridized carbons (Fsp3) is 0.875. The van der Waals surface area contributed by atoms with Crippen molar-refractivity contribution in [1.82, 2.24) is 0 Å². The fourth-order valence-corrected chi connectivity index (χ4v) is 0.751. The maximum atomic E-state index is 10.5. The average Bonchev–Trinajstić information content (AvgIpc) is 2.12. The molecule has 0 aromatic heterocycles. The van der Waals surface area contributed by atoms with E-state index in [1.807, 2.05) is 0 Å². The Kier molecular flexibility index (Phi) is 5.00. The van der Waals surface area contributed by atoms with Gasteiger partial charge >= 0.3 is 5.97 Å². The minimum Gasteiger partial charge on any atom is -0.480 e. The molecule has 0 aliphatic rings. The summed E-state index contributed by atoms with van der Waals surface area (Å²) >= 11 is 0. The Morgan fingerprint density at radius 1 is 1.57 bits per heavy atom. The Morgan fingerprint density at radius 3 is 2.43 bits per heavy atom. The molecule has 0 saturated carbocycles. The second-order valence-corrected chi connectivity index (χ2v) is 3.57. The van der Waals surface area contributed by atoms with Crippen LogP contribution in [0.25, 0.3) is 0 Å². The van der Waals surface area contributed by atoms with Crippen molar-refractivity contribution in [2.75, 3.05) is 13.2 Å². The molecule has 0 radical (unpaired) electrons. The Labute approximate surface area is 82.3 Å². The summed E-state index contributed by atoms with van der Waals surface area (Å²) in [6, 6.07) is -1.17. The molecule has 0 heterocycles. The Hall–Kier alpha value is -0.690. The van der Waals surface area contributed by atoms with E-state index in [0.29, 0.717) is 0 Å². The first-order valence-corrected chi connectivity index (χ1v) is 4.22. The van der Waals surface area contributed by atoms with Crippen LogP contribution in [0.4, 0.5) is 0 Å². The van der Waals surface area contributed by atoms with Gasteiger partial charge in [-0.15, -0.1) is 0 Å². The van der Waals surface area contributed by atoms with Crippen molar-refractivity contribution in [1.29, 1.82) is 0 Å². The molecule has 0 aromatic rings. The van der Waals surface area contributed by atoms with E-state index in [0.717, 1.165) is 0 Å². The lowest BCUT2D eigenvalue weighted by atomic mass is 10.00. The molecule has 0 aromatic carbocycles. The van der Waals surface area contributed by atoms with Crippen molar-refractivity contribution >= 4 is 5.97 Å². The van der Waals surface area contributed by atoms with E-state index >= 15 is 0 Å². The molecule has 6 nitrogen and oxygen atoms in total. The van der Waals surface area contributed by atoms with Crippen LogP contribution in [-0.4, -0.2) is 52.2 Å². The van der Waals surface area contributed by atoms with Gasteiger partial charge in [0.15, 0.2) is 0 Å². The molecule has 0 unspecified atom stereocenters. The summed E-state index contributed by atoms with van der Waals surface area (Å²) in [5.74, 6) is -1.17. The molecule has 0 amide bonds. The molecular formula is C8H17NO5. The van der Waals surface area contributed by atoms with Crippen LogP contribution >= 0.6 is 0 Å². The van der Waals surface area contributed by atoms with E-state index in [1.54, 1.807) is 0 Å². The highest BCUT2D eigenvalue weighted by molar-refractivity contribution is 5.74. The van der Waals surface area contributed by atoms with Crippen LogP contribution in [0.15, 0.2) is 0 Å². The van der Waals surface area contributed by atoms with E-state index in [4.69, 9.17) is 25.8 Å². The Balaban J connectivity index is 4.13. The van der Waals surface area contributed by atoms with Crippen LogP contribution in [0.2, 0.25) is 0 Å². The van der Waals surface area contributed by atoms with Gasteiger partial charge in [0.25, 0.3) is 0 Å². The smallest absolute Gasteiger partial charge is 0.323 e. The third kappa shape index (κ3) is 4.01. The third-order valence-electron chi connectivity index (χ3n) is 1.87. The second-order valence-electron chi connectivity index (χ2n) is 3.57. The molecule has 0 aliphatic heterocycles. The molecule has 5 N–H and O–H groups in total. The Morgan fingerprint density at radius 2 is 2.07 bits per heavy atom. The number of aliphatic carboxylic acids is 1. The lowest BCUT2D eigenvalue weighted by Gasteiger charge is -2.29. The first-order chi connectivity index (χ1) is 6.31. The van der Waals surface area contributed by atoms with Gasteiger partial charge in [-0.3, -0.25) is 4.79 Å². The summed E-state index contributed by atoms with van der Waals surface area (Å²) in [4.78, 5) is 10.5. The SMILES string of the molecule is CC(C)(OC[C@H](O)CO)[C@H](N)C(=O)O. The minimum absolute atomic E-state index is 0.148. The first kappa shape index (κ1) is 13.3. The number of carbonyl (C=O) groups is 1. The van der Waals surface area contributed by atoms with E-state index in [9.17, 15) is 4.79 Å². The summed E-state index contributed by atoms with van der Waals surface area (Å²) in [7, 11) is 0. The van der Waals surface area contributed by atoms with Crippen LogP contribution < -0.4 is 5.73 Å². The highest BCUT2D eigenvalue weighted by Gasteiger charge is 2.33. The molecule has 14 heavy (non-hydrogen) atoms. The van der Waals surface area contributed by atoms with E-state index in [1.165, 1.54) is 13.8 Å². The van der Waals surface area contributed by atoms with Crippen molar-refractivity contribution < 1.29 is 24.9 Å². The number of carboxylic acids is 1. The van der Waals surface area contributed by atoms with Crippen LogP contribution in [-0.2, 0) is 9.53 Å². The molecule has 6 heteroatoms. The molecule has 0 rings (SSSR count). The van der Waals surface area contributed by atoms with Crippen LogP contribution in [0.5, 0.6) is 0 Å². The quantitative estimate of drug-likeness (QED) is 0.423. The molecule has 84 valence electrons. The normalized spacial score (nSPS) is 16.4. The van der Waals surface area contributed by atoms with Crippen LogP contribution in [0.1, 0.15) is 13.8 Å². The lowest BCUT2D eigenvalue weighted by molar-refractivity contribution is -0.149. The van der Waals surface area contributed by atoms with Crippen molar-refractivity contribution in [3.63, 3.8) is 0 Å². The summed E-state index contributed by atoms with van der Waals surface area (Å²) < 4.78 is 5.09. The van der Waals surface area contributed by atoms with E-state index in [-0.39, 0.29) is 6.61 Å². The number of hydrogen-bond donors (Lipinski definition) is 4. The van der Waals surface area contributed by atoms with Gasteiger partial charge in [-0.1, -0.05) is 0 Å².